The predicted molar refractivity (Wildman–Crippen MR) is 60.9 cm³/mol. The van der Waals surface area contributed by atoms with Crippen molar-refractivity contribution in [1.82, 2.24) is 20.1 Å². The summed E-state index contributed by atoms with van der Waals surface area (Å²) < 4.78 is 1.73. The summed E-state index contributed by atoms with van der Waals surface area (Å²) in [4.78, 5) is 15.5. The highest BCUT2D eigenvalue weighted by atomic mass is 16.1. The first-order valence-electron chi connectivity index (χ1n) is 5.39. The average molecular weight is 225 g/mol. The molecule has 1 aromatic rings. The molecule has 1 amide bonds. The third kappa shape index (κ3) is 2.57. The lowest BCUT2D eigenvalue weighted by atomic mass is 10.1. The monoisotopic (exact) mass is 225 g/mol. The van der Waals surface area contributed by atoms with Gasteiger partial charge >= 0.3 is 0 Å². The number of hydrogen-bond acceptors (Lipinski definition) is 4. The van der Waals surface area contributed by atoms with E-state index in [1.165, 1.54) is 0 Å². The molecule has 2 unspecified atom stereocenters. The maximum Gasteiger partial charge on any atom is 0.236 e. The van der Waals surface area contributed by atoms with Gasteiger partial charge in [-0.2, -0.15) is 5.10 Å². The molecule has 1 rings (SSSR count). The fourth-order valence-corrected chi connectivity index (χ4v) is 1.79. The molecule has 6 nitrogen and oxygen atoms in total. The first-order valence-corrected chi connectivity index (χ1v) is 5.39. The number of nitrogens with zero attached hydrogens (tertiary/aromatic N) is 3. The Kier molecular flexibility index (Phi) is 4.00. The molecule has 3 N–H and O–H groups in total. The Morgan fingerprint density at radius 2 is 2.19 bits per heavy atom. The van der Waals surface area contributed by atoms with E-state index in [2.05, 4.69) is 15.4 Å². The fraction of sp³-hybridized carbons (Fsp3) is 0.700. The third-order valence-electron chi connectivity index (χ3n) is 2.51. The molecule has 90 valence electrons. The zero-order chi connectivity index (χ0) is 12.3. The molecule has 0 aliphatic heterocycles. The summed E-state index contributed by atoms with van der Waals surface area (Å²) in [5, 5.41) is 7.31. The highest BCUT2D eigenvalue weighted by Gasteiger charge is 2.25. The van der Waals surface area contributed by atoms with Gasteiger partial charge in [0, 0.05) is 0 Å². The van der Waals surface area contributed by atoms with Crippen LogP contribution in [-0.2, 0) is 4.79 Å². The van der Waals surface area contributed by atoms with Gasteiger partial charge in [-0.15, -0.1) is 0 Å². The van der Waals surface area contributed by atoms with Crippen molar-refractivity contribution in [3.63, 3.8) is 0 Å². The molecule has 6 heteroatoms. The number of nitrogens with two attached hydrogens (primary N) is 1. The number of primary amides is 1. The lowest BCUT2D eigenvalue weighted by Gasteiger charge is -2.22. The van der Waals surface area contributed by atoms with Crippen LogP contribution in [0.4, 0.5) is 0 Å². The van der Waals surface area contributed by atoms with Gasteiger partial charge in [-0.05, 0) is 27.3 Å². The van der Waals surface area contributed by atoms with E-state index in [9.17, 15) is 4.79 Å². The zero-order valence-electron chi connectivity index (χ0n) is 10.2. The summed E-state index contributed by atoms with van der Waals surface area (Å²) in [5.74, 6) is 1.11. The van der Waals surface area contributed by atoms with Crippen molar-refractivity contribution < 1.29 is 4.79 Å². The van der Waals surface area contributed by atoms with Crippen molar-refractivity contribution in [2.75, 3.05) is 6.54 Å². The van der Waals surface area contributed by atoms with E-state index in [0.717, 1.165) is 5.82 Å². The van der Waals surface area contributed by atoms with Crippen LogP contribution in [0.2, 0.25) is 0 Å². The Morgan fingerprint density at radius 1 is 1.56 bits per heavy atom. The fourth-order valence-electron chi connectivity index (χ4n) is 1.79. The van der Waals surface area contributed by atoms with Crippen LogP contribution in [0.5, 0.6) is 0 Å². The minimum atomic E-state index is -0.426. The Balaban J connectivity index is 2.93. The molecule has 16 heavy (non-hydrogen) atoms. The molecular weight excluding hydrogens is 206 g/mol. The lowest BCUT2D eigenvalue weighted by Crippen LogP contribution is -2.46. The number of nitrogens with one attached hydrogen (secondary N) is 1. The van der Waals surface area contributed by atoms with Crippen LogP contribution in [0, 0.1) is 13.8 Å². The van der Waals surface area contributed by atoms with Crippen LogP contribution in [0.25, 0.3) is 0 Å². The van der Waals surface area contributed by atoms with E-state index in [-0.39, 0.29) is 11.9 Å². The summed E-state index contributed by atoms with van der Waals surface area (Å²) in [6, 6.07) is -0.566. The van der Waals surface area contributed by atoms with E-state index < -0.39 is 6.04 Å². The molecule has 0 bridgehead atoms. The van der Waals surface area contributed by atoms with E-state index in [4.69, 9.17) is 5.73 Å². The predicted octanol–water partition coefficient (Wildman–Crippen LogP) is -0.0807. The van der Waals surface area contributed by atoms with Gasteiger partial charge in [0.2, 0.25) is 5.91 Å². The number of carbonyl (C=O) groups excluding carboxylic acids is 1. The van der Waals surface area contributed by atoms with E-state index in [1.807, 2.05) is 27.7 Å². The van der Waals surface area contributed by atoms with E-state index >= 15 is 0 Å². The molecule has 0 spiro atoms. The third-order valence-corrected chi connectivity index (χ3v) is 2.51. The van der Waals surface area contributed by atoms with Gasteiger partial charge in [0.1, 0.15) is 17.7 Å². The Labute approximate surface area is 95.2 Å². The van der Waals surface area contributed by atoms with Gasteiger partial charge in [-0.25, -0.2) is 9.67 Å². The summed E-state index contributed by atoms with van der Waals surface area (Å²) >= 11 is 0. The highest BCUT2D eigenvalue weighted by molar-refractivity contribution is 5.80. The molecule has 0 fully saturated rings. The van der Waals surface area contributed by atoms with Gasteiger partial charge in [0.15, 0.2) is 0 Å². The number of likely N-dealkylation sites (N-methyl/N-ethyl adjacent to an activating group) is 1. The van der Waals surface area contributed by atoms with Gasteiger partial charge in [-0.1, -0.05) is 6.92 Å². The Hall–Kier alpha value is -1.43. The first kappa shape index (κ1) is 12.6. The normalized spacial score (nSPS) is 14.8. The van der Waals surface area contributed by atoms with Gasteiger partial charge < -0.3 is 11.1 Å². The van der Waals surface area contributed by atoms with Crippen LogP contribution in [0.1, 0.15) is 31.5 Å². The van der Waals surface area contributed by atoms with Crippen molar-refractivity contribution in [1.29, 1.82) is 0 Å². The molecule has 1 aromatic heterocycles. The second-order valence-corrected chi connectivity index (χ2v) is 3.83. The largest absolute Gasteiger partial charge is 0.368 e. The van der Waals surface area contributed by atoms with E-state index in [1.54, 1.807) is 4.68 Å². The van der Waals surface area contributed by atoms with E-state index in [0.29, 0.717) is 12.4 Å². The smallest absolute Gasteiger partial charge is 0.236 e. The summed E-state index contributed by atoms with van der Waals surface area (Å²) in [6.07, 6.45) is 0. The van der Waals surface area contributed by atoms with Crippen molar-refractivity contribution in [2.45, 2.75) is 39.8 Å². The number of aromatic nitrogens is 3. The number of carbonyl (C=O) groups is 1. The van der Waals surface area contributed by atoms with Crippen molar-refractivity contribution in [3.8, 4) is 0 Å². The van der Waals surface area contributed by atoms with Crippen LogP contribution in [0.15, 0.2) is 0 Å². The minimum absolute atomic E-state index is 0.140. The average Bonchev–Trinajstić information content (AvgIpc) is 2.53. The van der Waals surface area contributed by atoms with Crippen LogP contribution in [-0.4, -0.2) is 33.3 Å². The Morgan fingerprint density at radius 3 is 2.56 bits per heavy atom. The summed E-state index contributed by atoms with van der Waals surface area (Å²) in [5.41, 5.74) is 5.35. The topological polar surface area (TPSA) is 85.8 Å². The number of aryl methyl sites for hydroxylation is 2. The molecule has 1 heterocycles. The van der Waals surface area contributed by atoms with Crippen molar-refractivity contribution in [2.24, 2.45) is 5.73 Å². The molecule has 0 aromatic carbocycles. The standard InChI is InChI=1S/C10H19N5O/c1-5-12-9(10(11)16)6(2)15-8(4)13-7(3)14-15/h6,9,12H,5H2,1-4H3,(H2,11,16). The molecule has 0 radical (unpaired) electrons. The molecule has 0 saturated carbocycles. The molecule has 0 aliphatic carbocycles. The minimum Gasteiger partial charge on any atom is -0.368 e. The second kappa shape index (κ2) is 5.07. The summed E-state index contributed by atoms with van der Waals surface area (Å²) in [7, 11) is 0. The number of amides is 1. The first-order chi connectivity index (χ1) is 7.47. The van der Waals surface area contributed by atoms with Gasteiger partial charge in [-0.3, -0.25) is 4.79 Å². The number of hydrogen-bond donors (Lipinski definition) is 2. The van der Waals surface area contributed by atoms with Gasteiger partial charge in [0.25, 0.3) is 0 Å². The molecular formula is C10H19N5O. The van der Waals surface area contributed by atoms with Crippen molar-refractivity contribution >= 4 is 5.91 Å². The molecule has 2 atom stereocenters. The highest BCUT2D eigenvalue weighted by Crippen LogP contribution is 2.12. The maximum absolute atomic E-state index is 11.3. The second-order valence-electron chi connectivity index (χ2n) is 3.83. The molecule has 0 aliphatic rings. The molecule has 0 saturated heterocycles. The van der Waals surface area contributed by atoms with Crippen molar-refractivity contribution in [3.05, 3.63) is 11.6 Å². The zero-order valence-corrected chi connectivity index (χ0v) is 10.2. The van der Waals surface area contributed by atoms with Crippen LogP contribution < -0.4 is 11.1 Å². The maximum atomic E-state index is 11.3. The lowest BCUT2D eigenvalue weighted by molar-refractivity contribution is -0.121. The van der Waals surface area contributed by atoms with Crippen LogP contribution >= 0.6 is 0 Å². The SMILES string of the molecule is CCNC(C(N)=O)C(C)n1nc(C)nc1C. The van der Waals surface area contributed by atoms with Gasteiger partial charge in [0.05, 0.1) is 6.04 Å². The quantitative estimate of drug-likeness (QED) is 0.734. The summed E-state index contributed by atoms with van der Waals surface area (Å²) in [6.45, 7) is 8.20. The Bertz CT molecular complexity index is 373. The van der Waals surface area contributed by atoms with Crippen LogP contribution in [0.3, 0.4) is 0 Å². The number of rotatable bonds is 5.